The summed E-state index contributed by atoms with van der Waals surface area (Å²) in [7, 11) is 0. The zero-order valence-electron chi connectivity index (χ0n) is 8.84. The molecule has 1 saturated heterocycles. The first kappa shape index (κ1) is 10.4. The number of aromatic nitrogens is 2. The summed E-state index contributed by atoms with van der Waals surface area (Å²) in [5.74, 6) is 1.02. The summed E-state index contributed by atoms with van der Waals surface area (Å²) >= 11 is 0. The Kier molecular flexibility index (Phi) is 3.50. The Morgan fingerprint density at radius 2 is 2.47 bits per heavy atom. The smallest absolute Gasteiger partial charge is 0.132 e. The van der Waals surface area contributed by atoms with Gasteiger partial charge in [-0.3, -0.25) is 0 Å². The topological polar surface area (TPSA) is 49.2 Å². The van der Waals surface area contributed by atoms with E-state index in [9.17, 15) is 0 Å². The monoisotopic (exact) mass is 207 g/mol. The van der Waals surface area contributed by atoms with Crippen LogP contribution >= 0.6 is 0 Å². The second-order valence-corrected chi connectivity index (χ2v) is 3.92. The maximum atomic E-state index is 8.84. The van der Waals surface area contributed by atoms with Gasteiger partial charge in [-0.15, -0.1) is 0 Å². The van der Waals surface area contributed by atoms with Gasteiger partial charge in [0.15, 0.2) is 0 Å². The van der Waals surface area contributed by atoms with Gasteiger partial charge in [-0.25, -0.2) is 9.97 Å². The first-order valence-electron chi connectivity index (χ1n) is 5.55. The van der Waals surface area contributed by atoms with Gasteiger partial charge in [0.1, 0.15) is 12.1 Å². The van der Waals surface area contributed by atoms with Crippen LogP contribution in [0.5, 0.6) is 0 Å². The lowest BCUT2D eigenvalue weighted by Gasteiger charge is -2.25. The van der Waals surface area contributed by atoms with Crippen LogP contribution in [-0.2, 0) is 0 Å². The highest BCUT2D eigenvalue weighted by Gasteiger charge is 2.24. The molecule has 2 heterocycles. The van der Waals surface area contributed by atoms with Crippen molar-refractivity contribution in [3.05, 3.63) is 18.6 Å². The fraction of sp³-hybridized carbons (Fsp3) is 0.636. The van der Waals surface area contributed by atoms with Crippen LogP contribution in [0.3, 0.4) is 0 Å². The van der Waals surface area contributed by atoms with E-state index in [0.29, 0.717) is 6.04 Å². The Morgan fingerprint density at radius 3 is 3.20 bits per heavy atom. The van der Waals surface area contributed by atoms with Crippen molar-refractivity contribution in [2.24, 2.45) is 0 Å². The number of hydrogen-bond acceptors (Lipinski definition) is 4. The van der Waals surface area contributed by atoms with E-state index in [2.05, 4.69) is 14.9 Å². The second kappa shape index (κ2) is 5.07. The number of aliphatic hydroxyl groups is 1. The Morgan fingerprint density at radius 1 is 1.53 bits per heavy atom. The van der Waals surface area contributed by atoms with Gasteiger partial charge in [-0.05, 0) is 31.7 Å². The van der Waals surface area contributed by atoms with Crippen LogP contribution < -0.4 is 4.90 Å². The number of aliphatic hydroxyl groups excluding tert-OH is 1. The molecule has 0 amide bonds. The van der Waals surface area contributed by atoms with Crippen molar-refractivity contribution in [2.75, 3.05) is 18.1 Å². The molecule has 0 aliphatic carbocycles. The van der Waals surface area contributed by atoms with Crippen molar-refractivity contribution in [3.63, 3.8) is 0 Å². The van der Waals surface area contributed by atoms with Crippen LogP contribution in [0.1, 0.15) is 25.7 Å². The van der Waals surface area contributed by atoms with Crippen LogP contribution in [-0.4, -0.2) is 34.3 Å². The van der Waals surface area contributed by atoms with Crippen LogP contribution in [0.2, 0.25) is 0 Å². The molecule has 1 aromatic rings. The van der Waals surface area contributed by atoms with Gasteiger partial charge in [0.2, 0.25) is 0 Å². The fourth-order valence-corrected chi connectivity index (χ4v) is 2.22. The van der Waals surface area contributed by atoms with Gasteiger partial charge in [0, 0.05) is 25.4 Å². The summed E-state index contributed by atoms with van der Waals surface area (Å²) in [6, 6.07) is 2.50. The number of nitrogens with zero attached hydrogens (tertiary/aromatic N) is 3. The Balaban J connectivity index is 2.01. The van der Waals surface area contributed by atoms with Gasteiger partial charge in [-0.2, -0.15) is 0 Å². The van der Waals surface area contributed by atoms with Gasteiger partial charge < -0.3 is 10.0 Å². The maximum Gasteiger partial charge on any atom is 0.132 e. The Bertz CT molecular complexity index is 291. The molecule has 1 unspecified atom stereocenters. The van der Waals surface area contributed by atoms with Crippen molar-refractivity contribution in [2.45, 2.75) is 31.7 Å². The molecule has 15 heavy (non-hydrogen) atoms. The van der Waals surface area contributed by atoms with Gasteiger partial charge in [0.25, 0.3) is 0 Å². The molecule has 82 valence electrons. The zero-order chi connectivity index (χ0) is 10.5. The highest BCUT2D eigenvalue weighted by Crippen LogP contribution is 2.25. The van der Waals surface area contributed by atoms with E-state index in [-0.39, 0.29) is 6.61 Å². The summed E-state index contributed by atoms with van der Waals surface area (Å²) in [6.45, 7) is 1.36. The summed E-state index contributed by atoms with van der Waals surface area (Å²) in [6.07, 6.45) is 7.75. The summed E-state index contributed by atoms with van der Waals surface area (Å²) in [4.78, 5) is 10.5. The van der Waals surface area contributed by atoms with Crippen molar-refractivity contribution < 1.29 is 5.11 Å². The first-order valence-corrected chi connectivity index (χ1v) is 5.55. The molecule has 1 N–H and O–H groups in total. The van der Waals surface area contributed by atoms with Crippen molar-refractivity contribution in [1.82, 2.24) is 9.97 Å². The lowest BCUT2D eigenvalue weighted by molar-refractivity contribution is 0.279. The molecule has 0 spiro atoms. The summed E-state index contributed by atoms with van der Waals surface area (Å²) < 4.78 is 0. The highest BCUT2D eigenvalue weighted by atomic mass is 16.2. The molecule has 2 rings (SSSR count). The van der Waals surface area contributed by atoms with Crippen molar-refractivity contribution >= 4 is 5.82 Å². The van der Waals surface area contributed by atoms with Gasteiger partial charge in [-0.1, -0.05) is 0 Å². The number of rotatable bonds is 4. The predicted octanol–water partition coefficient (Wildman–Crippen LogP) is 1.22. The van der Waals surface area contributed by atoms with Gasteiger partial charge in [0.05, 0.1) is 0 Å². The zero-order valence-corrected chi connectivity index (χ0v) is 8.84. The van der Waals surface area contributed by atoms with Crippen LogP contribution in [0.15, 0.2) is 18.6 Å². The molecule has 4 nitrogen and oxygen atoms in total. The van der Waals surface area contributed by atoms with E-state index >= 15 is 0 Å². The van der Waals surface area contributed by atoms with E-state index < -0.39 is 0 Å². The minimum atomic E-state index is 0.286. The molecule has 1 atom stereocenters. The number of hydrogen-bond donors (Lipinski definition) is 1. The molecule has 4 heteroatoms. The van der Waals surface area contributed by atoms with Crippen molar-refractivity contribution in [3.8, 4) is 0 Å². The predicted molar refractivity (Wildman–Crippen MR) is 58.7 cm³/mol. The second-order valence-electron chi connectivity index (χ2n) is 3.92. The standard InChI is InChI=1S/C11H17N3O/c15-8-2-4-10-3-1-7-14(10)11-5-6-12-9-13-11/h5-6,9-10,15H,1-4,7-8H2. The molecular weight excluding hydrogens is 190 g/mol. The average molecular weight is 207 g/mol. The first-order chi connectivity index (χ1) is 7.42. The largest absolute Gasteiger partial charge is 0.396 e. The average Bonchev–Trinajstić information content (AvgIpc) is 2.75. The molecule has 0 bridgehead atoms. The Labute approximate surface area is 90.0 Å². The third kappa shape index (κ3) is 2.45. The Hall–Kier alpha value is -1.16. The van der Waals surface area contributed by atoms with E-state index in [0.717, 1.165) is 25.2 Å². The van der Waals surface area contributed by atoms with Crippen LogP contribution in [0.25, 0.3) is 0 Å². The fourth-order valence-electron chi connectivity index (χ4n) is 2.22. The minimum absolute atomic E-state index is 0.286. The van der Waals surface area contributed by atoms with E-state index in [1.807, 2.05) is 6.07 Å². The quantitative estimate of drug-likeness (QED) is 0.806. The van der Waals surface area contributed by atoms with Crippen LogP contribution in [0, 0.1) is 0 Å². The minimum Gasteiger partial charge on any atom is -0.396 e. The van der Waals surface area contributed by atoms with E-state index in [1.54, 1.807) is 12.5 Å². The molecule has 1 aliphatic rings. The number of anilines is 1. The maximum absolute atomic E-state index is 8.84. The van der Waals surface area contributed by atoms with Crippen molar-refractivity contribution in [1.29, 1.82) is 0 Å². The molecule has 0 aromatic carbocycles. The van der Waals surface area contributed by atoms with E-state index in [1.165, 1.54) is 12.8 Å². The lowest BCUT2D eigenvalue weighted by Crippen LogP contribution is -2.30. The highest BCUT2D eigenvalue weighted by molar-refractivity contribution is 5.39. The molecule has 1 aliphatic heterocycles. The SMILES string of the molecule is OCCCC1CCCN1c1ccncn1. The normalized spacial score (nSPS) is 20.9. The van der Waals surface area contributed by atoms with Crippen LogP contribution in [0.4, 0.5) is 5.82 Å². The lowest BCUT2D eigenvalue weighted by atomic mass is 10.1. The van der Waals surface area contributed by atoms with E-state index in [4.69, 9.17) is 5.11 Å². The third-order valence-corrected chi connectivity index (χ3v) is 2.93. The summed E-state index contributed by atoms with van der Waals surface area (Å²) in [5, 5.41) is 8.84. The molecule has 1 fully saturated rings. The molecule has 0 radical (unpaired) electrons. The summed E-state index contributed by atoms with van der Waals surface area (Å²) in [5.41, 5.74) is 0. The third-order valence-electron chi connectivity index (χ3n) is 2.93. The molecule has 1 aromatic heterocycles. The molecular formula is C11H17N3O. The molecule has 0 saturated carbocycles. The van der Waals surface area contributed by atoms with Gasteiger partial charge >= 0.3 is 0 Å².